The van der Waals surface area contributed by atoms with Crippen LogP contribution in [0.15, 0.2) is 24.3 Å². The van der Waals surface area contributed by atoms with Crippen LogP contribution in [0.25, 0.3) is 0 Å². The van der Waals surface area contributed by atoms with E-state index in [4.69, 9.17) is 24.8 Å². The van der Waals surface area contributed by atoms with E-state index in [2.05, 4.69) is 42.7 Å². The van der Waals surface area contributed by atoms with Crippen molar-refractivity contribution in [1.82, 2.24) is 0 Å². The maximum atomic E-state index is 12.7. The molecule has 0 aromatic carbocycles. The fourth-order valence-electron chi connectivity index (χ4n) is 7.17. The molecule has 0 saturated heterocycles. The molecule has 0 aromatic heterocycles. The number of carboxylic acids is 1. The van der Waals surface area contributed by atoms with Gasteiger partial charge < -0.3 is 25.2 Å². The SMILES string of the molecule is CCCCCCCC/C=C\CCCCCCCCCCCC(=O)OCC(COP(=O)(O)OCC(N)C(=O)O)OC(=O)CCCCCCCCCCC/C=C\CCCCCCCC. The summed E-state index contributed by atoms with van der Waals surface area (Å²) in [6.45, 7) is 2.83. The lowest BCUT2D eigenvalue weighted by Crippen LogP contribution is -2.34. The molecule has 12 heteroatoms. The van der Waals surface area contributed by atoms with Crippen LogP contribution in [-0.4, -0.2) is 59.9 Å². The Morgan fingerprint density at radius 1 is 0.484 bits per heavy atom. The normalized spacial score (nSPS) is 13.7. The van der Waals surface area contributed by atoms with Gasteiger partial charge in [0.05, 0.1) is 13.2 Å². The molecule has 0 aliphatic heterocycles. The van der Waals surface area contributed by atoms with Crippen molar-refractivity contribution in [1.29, 1.82) is 0 Å². The van der Waals surface area contributed by atoms with Crippen LogP contribution in [0, 0.1) is 0 Å². The molecule has 0 aliphatic carbocycles. The zero-order valence-electron chi connectivity index (χ0n) is 39.7. The average molecular weight is 900 g/mol. The molecule has 0 aromatic rings. The summed E-state index contributed by atoms with van der Waals surface area (Å²) in [6, 6.07) is -1.52. The Morgan fingerprint density at radius 2 is 0.806 bits per heavy atom. The maximum Gasteiger partial charge on any atom is 0.472 e. The van der Waals surface area contributed by atoms with Crippen molar-refractivity contribution in [2.45, 2.75) is 257 Å². The monoisotopic (exact) mass is 900 g/mol. The summed E-state index contributed by atoms with van der Waals surface area (Å²) >= 11 is 0. The second kappa shape index (κ2) is 45.5. The van der Waals surface area contributed by atoms with Gasteiger partial charge in [0.25, 0.3) is 0 Å². The standard InChI is InChI=1S/C50H94NO10P/c1-3-5-7-9-11-13-15-17-19-21-23-25-27-29-31-33-35-37-39-41-48(52)58-43-46(44-59-62(56,57)60-45-47(51)50(54)55)61-49(53)42-40-38-36-34-32-30-28-26-24-22-20-18-16-14-12-10-8-6-4-2/h17-20,46-47H,3-16,21-45,51H2,1-2H3,(H,54,55)(H,56,57)/b19-17-,20-18-. The minimum atomic E-state index is -4.72. The van der Waals surface area contributed by atoms with E-state index >= 15 is 0 Å². The molecule has 0 bridgehead atoms. The number of rotatable bonds is 48. The molecule has 62 heavy (non-hydrogen) atoms. The number of carbonyl (C=O) groups is 3. The molecule has 0 aliphatic rings. The van der Waals surface area contributed by atoms with Crippen LogP contribution in [0.3, 0.4) is 0 Å². The zero-order valence-corrected chi connectivity index (χ0v) is 40.6. The molecule has 3 unspecified atom stereocenters. The van der Waals surface area contributed by atoms with E-state index in [0.717, 1.165) is 38.5 Å². The topological polar surface area (TPSA) is 172 Å². The van der Waals surface area contributed by atoms with Gasteiger partial charge in [0.2, 0.25) is 0 Å². The number of allylic oxidation sites excluding steroid dienone is 4. The second-order valence-corrected chi connectivity index (χ2v) is 18.8. The summed E-state index contributed by atoms with van der Waals surface area (Å²) in [5.41, 5.74) is 5.35. The largest absolute Gasteiger partial charge is 0.480 e. The van der Waals surface area contributed by atoms with Gasteiger partial charge in [-0.1, -0.05) is 192 Å². The molecule has 0 spiro atoms. The molecule has 11 nitrogen and oxygen atoms in total. The Balaban J connectivity index is 4.24. The van der Waals surface area contributed by atoms with Crippen LogP contribution in [0.5, 0.6) is 0 Å². The molecule has 0 radical (unpaired) electrons. The van der Waals surface area contributed by atoms with Gasteiger partial charge in [-0.15, -0.1) is 0 Å². The highest BCUT2D eigenvalue weighted by atomic mass is 31.2. The molecule has 0 rings (SSSR count). The maximum absolute atomic E-state index is 12.7. The number of hydrogen-bond donors (Lipinski definition) is 3. The van der Waals surface area contributed by atoms with Crippen LogP contribution in [0.1, 0.15) is 245 Å². The Morgan fingerprint density at radius 3 is 1.18 bits per heavy atom. The first-order valence-corrected chi connectivity index (χ1v) is 26.9. The number of nitrogens with two attached hydrogens (primary N) is 1. The number of carboxylic acid groups (broad SMARTS) is 1. The number of phosphoric acid groups is 1. The number of ether oxygens (including phenoxy) is 2. The summed E-state index contributed by atoms with van der Waals surface area (Å²) in [7, 11) is -4.72. The van der Waals surface area contributed by atoms with Crippen molar-refractivity contribution in [2.75, 3.05) is 19.8 Å². The van der Waals surface area contributed by atoms with Gasteiger partial charge in [-0.05, 0) is 64.2 Å². The van der Waals surface area contributed by atoms with Crippen LogP contribution in [0.2, 0.25) is 0 Å². The summed E-state index contributed by atoms with van der Waals surface area (Å²) in [6.07, 6.45) is 49.5. The van der Waals surface area contributed by atoms with E-state index in [1.165, 1.54) is 167 Å². The fourth-order valence-corrected chi connectivity index (χ4v) is 7.95. The Bertz CT molecular complexity index is 1150. The lowest BCUT2D eigenvalue weighted by molar-refractivity contribution is -0.161. The second-order valence-electron chi connectivity index (χ2n) is 17.3. The lowest BCUT2D eigenvalue weighted by atomic mass is 10.1. The quantitative estimate of drug-likeness (QED) is 0.0230. The van der Waals surface area contributed by atoms with Crippen LogP contribution in [-0.2, 0) is 37.5 Å². The highest BCUT2D eigenvalue weighted by Gasteiger charge is 2.28. The molecule has 0 fully saturated rings. The predicted octanol–water partition coefficient (Wildman–Crippen LogP) is 14.2. The molecular formula is C50H94NO10P. The summed E-state index contributed by atoms with van der Waals surface area (Å²) in [5, 5.41) is 8.92. The average Bonchev–Trinajstić information content (AvgIpc) is 3.25. The minimum absolute atomic E-state index is 0.161. The van der Waals surface area contributed by atoms with E-state index in [1.807, 2.05) is 0 Å². The van der Waals surface area contributed by atoms with Crippen LogP contribution in [0.4, 0.5) is 0 Å². The highest BCUT2D eigenvalue weighted by Crippen LogP contribution is 2.43. The third-order valence-corrected chi connectivity index (χ3v) is 12.1. The first kappa shape index (κ1) is 60.0. The van der Waals surface area contributed by atoms with Gasteiger partial charge in [-0.3, -0.25) is 23.4 Å². The summed E-state index contributed by atoms with van der Waals surface area (Å²) < 4.78 is 32.8. The van der Waals surface area contributed by atoms with E-state index in [1.54, 1.807) is 0 Å². The predicted molar refractivity (Wildman–Crippen MR) is 254 cm³/mol. The van der Waals surface area contributed by atoms with Crippen molar-refractivity contribution in [3.8, 4) is 0 Å². The van der Waals surface area contributed by atoms with Gasteiger partial charge in [0.1, 0.15) is 12.6 Å². The van der Waals surface area contributed by atoms with E-state index in [0.29, 0.717) is 12.8 Å². The molecule has 0 amide bonds. The third-order valence-electron chi connectivity index (χ3n) is 11.2. The van der Waals surface area contributed by atoms with E-state index in [9.17, 15) is 23.8 Å². The van der Waals surface area contributed by atoms with Crippen molar-refractivity contribution in [3.63, 3.8) is 0 Å². The molecule has 4 N–H and O–H groups in total. The van der Waals surface area contributed by atoms with Gasteiger partial charge in [0, 0.05) is 12.8 Å². The number of unbranched alkanes of at least 4 members (excludes halogenated alkanes) is 30. The number of aliphatic carboxylic acids is 1. The lowest BCUT2D eigenvalue weighted by Gasteiger charge is -2.20. The minimum Gasteiger partial charge on any atom is -0.480 e. The van der Waals surface area contributed by atoms with Crippen molar-refractivity contribution in [2.24, 2.45) is 5.73 Å². The molecule has 0 heterocycles. The van der Waals surface area contributed by atoms with Gasteiger partial charge in [0.15, 0.2) is 6.10 Å². The number of hydrogen-bond acceptors (Lipinski definition) is 9. The first-order chi connectivity index (χ1) is 30.1. The first-order valence-electron chi connectivity index (χ1n) is 25.4. The van der Waals surface area contributed by atoms with Crippen molar-refractivity contribution >= 4 is 25.7 Å². The Hall–Kier alpha value is -2.04. The summed E-state index contributed by atoms with van der Waals surface area (Å²) in [5.74, 6) is -2.37. The van der Waals surface area contributed by atoms with Gasteiger partial charge >= 0.3 is 25.7 Å². The molecule has 364 valence electrons. The Labute approximate surface area is 379 Å². The smallest absolute Gasteiger partial charge is 0.472 e. The molecular weight excluding hydrogens is 806 g/mol. The molecule has 3 atom stereocenters. The molecule has 0 saturated carbocycles. The Kier molecular flexibility index (Phi) is 44.0. The third kappa shape index (κ3) is 44.6. The van der Waals surface area contributed by atoms with Crippen LogP contribution < -0.4 is 5.73 Å². The van der Waals surface area contributed by atoms with Gasteiger partial charge in [-0.2, -0.15) is 0 Å². The highest BCUT2D eigenvalue weighted by molar-refractivity contribution is 7.47. The fraction of sp³-hybridized carbons (Fsp3) is 0.860. The van der Waals surface area contributed by atoms with Crippen LogP contribution >= 0.6 is 7.82 Å². The van der Waals surface area contributed by atoms with Crippen molar-refractivity contribution < 1.29 is 47.5 Å². The van der Waals surface area contributed by atoms with E-state index < -0.39 is 51.1 Å². The zero-order chi connectivity index (χ0) is 45.6. The van der Waals surface area contributed by atoms with Crippen molar-refractivity contribution in [3.05, 3.63) is 24.3 Å². The number of phosphoric ester groups is 1. The number of esters is 2. The van der Waals surface area contributed by atoms with E-state index in [-0.39, 0.29) is 19.4 Å². The van der Waals surface area contributed by atoms with Gasteiger partial charge in [-0.25, -0.2) is 4.57 Å². The number of carbonyl (C=O) groups excluding carboxylic acids is 2. The summed E-state index contributed by atoms with van der Waals surface area (Å²) in [4.78, 5) is 46.2.